The van der Waals surface area contributed by atoms with E-state index in [4.69, 9.17) is 9.26 Å². The highest BCUT2D eigenvalue weighted by molar-refractivity contribution is 6.00. The van der Waals surface area contributed by atoms with Crippen LogP contribution in [0.5, 0.6) is 0 Å². The number of aromatic nitrogens is 1. The lowest BCUT2D eigenvalue weighted by atomic mass is 10.1. The summed E-state index contributed by atoms with van der Waals surface area (Å²) in [6, 6.07) is 7.78. The van der Waals surface area contributed by atoms with Crippen molar-refractivity contribution in [3.63, 3.8) is 0 Å². The summed E-state index contributed by atoms with van der Waals surface area (Å²) in [7, 11) is 1.59. The topological polar surface area (TPSA) is 64.4 Å². The van der Waals surface area contributed by atoms with E-state index in [2.05, 4.69) is 10.5 Å². The molecule has 2 rings (SSSR count). The van der Waals surface area contributed by atoms with Gasteiger partial charge in [-0.3, -0.25) is 4.79 Å². The van der Waals surface area contributed by atoms with Crippen LogP contribution in [0.4, 0.5) is 0 Å². The third kappa shape index (κ3) is 3.05. The smallest absolute Gasteiger partial charge is 0.257 e. The zero-order valence-electron chi connectivity index (χ0n) is 11.9. The molecule has 0 aliphatic carbocycles. The van der Waals surface area contributed by atoms with E-state index in [1.165, 1.54) is 0 Å². The van der Waals surface area contributed by atoms with E-state index in [-0.39, 0.29) is 5.91 Å². The molecule has 1 amide bonds. The summed E-state index contributed by atoms with van der Waals surface area (Å²) in [4.78, 5) is 12.2. The Balaban J connectivity index is 2.27. The van der Waals surface area contributed by atoms with Crippen LogP contribution in [0.1, 0.15) is 21.6 Å². The number of carbonyl (C=O) groups excluding carboxylic acids is 1. The number of hydrogen-bond donors (Lipinski definition) is 1. The molecule has 2 aromatic rings. The highest BCUT2D eigenvalue weighted by atomic mass is 16.5. The van der Waals surface area contributed by atoms with Gasteiger partial charge in [-0.05, 0) is 13.8 Å². The van der Waals surface area contributed by atoms with Crippen molar-refractivity contribution in [3.05, 3.63) is 41.1 Å². The van der Waals surface area contributed by atoms with Gasteiger partial charge in [0.25, 0.3) is 5.91 Å². The summed E-state index contributed by atoms with van der Waals surface area (Å²) in [6.07, 6.45) is 0. The van der Waals surface area contributed by atoms with Crippen LogP contribution < -0.4 is 5.32 Å². The lowest BCUT2D eigenvalue weighted by molar-refractivity contribution is 0.0937. The Morgan fingerprint density at radius 1 is 1.30 bits per heavy atom. The first-order valence-corrected chi connectivity index (χ1v) is 6.44. The minimum Gasteiger partial charge on any atom is -0.383 e. The van der Waals surface area contributed by atoms with Gasteiger partial charge in [0.15, 0.2) is 5.76 Å². The summed E-state index contributed by atoms with van der Waals surface area (Å²) in [6.45, 7) is 4.68. The summed E-state index contributed by atoms with van der Waals surface area (Å²) >= 11 is 0. The van der Waals surface area contributed by atoms with Crippen LogP contribution in [0.25, 0.3) is 11.3 Å². The summed E-state index contributed by atoms with van der Waals surface area (Å²) < 4.78 is 10.2. The number of methoxy groups -OCH3 is 1. The number of aryl methyl sites for hydroxylation is 2. The number of amides is 1. The van der Waals surface area contributed by atoms with Crippen molar-refractivity contribution >= 4 is 5.91 Å². The predicted molar refractivity (Wildman–Crippen MR) is 75.6 cm³/mol. The predicted octanol–water partition coefficient (Wildman–Crippen LogP) is 2.33. The first-order chi connectivity index (χ1) is 9.63. The molecule has 5 nitrogen and oxygen atoms in total. The average Bonchev–Trinajstić information content (AvgIpc) is 2.82. The number of ether oxygens (including phenoxy) is 1. The molecule has 1 heterocycles. The maximum Gasteiger partial charge on any atom is 0.257 e. The minimum absolute atomic E-state index is 0.198. The van der Waals surface area contributed by atoms with Crippen molar-refractivity contribution < 1.29 is 14.1 Å². The Morgan fingerprint density at radius 2 is 2.00 bits per heavy atom. The van der Waals surface area contributed by atoms with E-state index in [1.54, 1.807) is 14.0 Å². The number of rotatable bonds is 5. The molecule has 0 bridgehead atoms. The molecule has 0 saturated heterocycles. The van der Waals surface area contributed by atoms with Crippen LogP contribution >= 0.6 is 0 Å². The lowest BCUT2D eigenvalue weighted by Gasteiger charge is -2.05. The van der Waals surface area contributed by atoms with E-state index >= 15 is 0 Å². The van der Waals surface area contributed by atoms with Gasteiger partial charge in [-0.25, -0.2) is 0 Å². The van der Waals surface area contributed by atoms with Gasteiger partial charge in [-0.15, -0.1) is 0 Å². The molecule has 106 valence electrons. The normalized spacial score (nSPS) is 10.6. The zero-order valence-corrected chi connectivity index (χ0v) is 11.9. The van der Waals surface area contributed by atoms with Gasteiger partial charge >= 0.3 is 0 Å². The minimum atomic E-state index is -0.198. The molecule has 0 aliphatic rings. The Kier molecular flexibility index (Phi) is 4.53. The Bertz CT molecular complexity index is 588. The van der Waals surface area contributed by atoms with Crippen LogP contribution in [0.15, 0.2) is 28.8 Å². The molecule has 0 radical (unpaired) electrons. The molecule has 1 N–H and O–H groups in total. The van der Waals surface area contributed by atoms with E-state index in [9.17, 15) is 4.79 Å². The molecular formula is C15H18N2O3. The number of benzene rings is 1. The maximum absolute atomic E-state index is 12.2. The van der Waals surface area contributed by atoms with Crippen molar-refractivity contribution in [1.29, 1.82) is 0 Å². The second kappa shape index (κ2) is 6.34. The molecule has 0 saturated carbocycles. The second-order valence-corrected chi connectivity index (χ2v) is 4.59. The zero-order chi connectivity index (χ0) is 14.5. The molecular weight excluding hydrogens is 256 g/mol. The fraction of sp³-hybridized carbons (Fsp3) is 0.333. The van der Waals surface area contributed by atoms with Gasteiger partial charge in [0.2, 0.25) is 0 Å². The molecule has 20 heavy (non-hydrogen) atoms. The first-order valence-electron chi connectivity index (χ1n) is 6.44. The van der Waals surface area contributed by atoms with Crippen molar-refractivity contribution in [2.45, 2.75) is 13.8 Å². The largest absolute Gasteiger partial charge is 0.383 e. The Morgan fingerprint density at radius 3 is 2.65 bits per heavy atom. The van der Waals surface area contributed by atoms with Gasteiger partial charge in [0.1, 0.15) is 5.56 Å². The van der Waals surface area contributed by atoms with Gasteiger partial charge in [-0.2, -0.15) is 0 Å². The van der Waals surface area contributed by atoms with Gasteiger partial charge in [-0.1, -0.05) is 35.0 Å². The first kappa shape index (κ1) is 14.3. The molecule has 0 atom stereocenters. The summed E-state index contributed by atoms with van der Waals surface area (Å²) in [5.74, 6) is 0.300. The third-order valence-electron chi connectivity index (χ3n) is 3.00. The second-order valence-electron chi connectivity index (χ2n) is 4.59. The Hall–Kier alpha value is -2.14. The van der Waals surface area contributed by atoms with Crippen LogP contribution in [0, 0.1) is 13.8 Å². The SMILES string of the molecule is COCCNC(=O)c1c(C)noc1-c1ccc(C)cc1. The maximum atomic E-state index is 12.2. The summed E-state index contributed by atoms with van der Waals surface area (Å²) in [5, 5.41) is 6.68. The van der Waals surface area contributed by atoms with Crippen molar-refractivity contribution in [1.82, 2.24) is 10.5 Å². The summed E-state index contributed by atoms with van der Waals surface area (Å²) in [5.41, 5.74) is 3.05. The van der Waals surface area contributed by atoms with Crippen molar-refractivity contribution in [2.75, 3.05) is 20.3 Å². The number of hydrogen-bond acceptors (Lipinski definition) is 4. The van der Waals surface area contributed by atoms with E-state index in [1.807, 2.05) is 31.2 Å². The standard InChI is InChI=1S/C15H18N2O3/c1-10-4-6-12(7-5-10)14-13(11(2)17-20-14)15(18)16-8-9-19-3/h4-7H,8-9H2,1-3H3,(H,16,18). The molecule has 0 spiro atoms. The van der Waals surface area contributed by atoms with Crippen LogP contribution in [-0.2, 0) is 4.74 Å². The average molecular weight is 274 g/mol. The molecule has 0 fully saturated rings. The number of nitrogens with zero attached hydrogens (tertiary/aromatic N) is 1. The highest BCUT2D eigenvalue weighted by Crippen LogP contribution is 2.26. The quantitative estimate of drug-likeness (QED) is 0.850. The van der Waals surface area contributed by atoms with Crippen molar-refractivity contribution in [2.24, 2.45) is 0 Å². The lowest BCUT2D eigenvalue weighted by Crippen LogP contribution is -2.27. The van der Waals surface area contributed by atoms with E-state index < -0.39 is 0 Å². The molecule has 1 aromatic carbocycles. The van der Waals surface area contributed by atoms with E-state index in [0.717, 1.165) is 11.1 Å². The number of nitrogens with one attached hydrogen (secondary N) is 1. The molecule has 1 aromatic heterocycles. The van der Waals surface area contributed by atoms with Crippen LogP contribution in [-0.4, -0.2) is 31.3 Å². The number of carbonyl (C=O) groups is 1. The van der Waals surface area contributed by atoms with Crippen molar-refractivity contribution in [3.8, 4) is 11.3 Å². The van der Waals surface area contributed by atoms with Crippen LogP contribution in [0.2, 0.25) is 0 Å². The highest BCUT2D eigenvalue weighted by Gasteiger charge is 2.21. The van der Waals surface area contributed by atoms with Gasteiger partial charge in [0, 0.05) is 19.2 Å². The van der Waals surface area contributed by atoms with Gasteiger partial charge < -0.3 is 14.6 Å². The molecule has 0 unspecified atom stereocenters. The fourth-order valence-corrected chi connectivity index (χ4v) is 1.89. The molecule has 0 aliphatic heterocycles. The molecule has 5 heteroatoms. The van der Waals surface area contributed by atoms with E-state index in [0.29, 0.717) is 30.2 Å². The third-order valence-corrected chi connectivity index (χ3v) is 3.00. The van der Waals surface area contributed by atoms with Crippen LogP contribution in [0.3, 0.4) is 0 Å². The fourth-order valence-electron chi connectivity index (χ4n) is 1.89. The monoisotopic (exact) mass is 274 g/mol. The van der Waals surface area contributed by atoms with Gasteiger partial charge in [0.05, 0.1) is 12.3 Å². The Labute approximate surface area is 117 Å².